The van der Waals surface area contributed by atoms with E-state index in [1.165, 1.54) is 12.8 Å². The summed E-state index contributed by atoms with van der Waals surface area (Å²) in [5.41, 5.74) is 5.48. The third-order valence-corrected chi connectivity index (χ3v) is 3.20. The lowest BCUT2D eigenvalue weighted by Gasteiger charge is -2.44. The van der Waals surface area contributed by atoms with Gasteiger partial charge in [-0.2, -0.15) is 0 Å². The van der Waals surface area contributed by atoms with Crippen molar-refractivity contribution in [2.45, 2.75) is 50.2 Å². The van der Waals surface area contributed by atoms with Gasteiger partial charge < -0.3 is 10.8 Å². The van der Waals surface area contributed by atoms with Crippen molar-refractivity contribution < 1.29 is 5.11 Å². The highest BCUT2D eigenvalue weighted by Gasteiger charge is 2.40. The molecule has 11 heavy (non-hydrogen) atoms. The summed E-state index contributed by atoms with van der Waals surface area (Å²) in [4.78, 5) is 0. The molecule has 2 aliphatic rings. The first kappa shape index (κ1) is 7.56. The summed E-state index contributed by atoms with van der Waals surface area (Å²) >= 11 is 0. The Balaban J connectivity index is 2.09. The summed E-state index contributed by atoms with van der Waals surface area (Å²) in [6.45, 7) is 0. The molecule has 0 radical (unpaired) electrons. The van der Waals surface area contributed by atoms with E-state index in [2.05, 4.69) is 0 Å². The number of fused-ring (bicyclic) bond motifs is 2. The second-order valence-corrected chi connectivity index (χ2v) is 4.39. The summed E-state index contributed by atoms with van der Waals surface area (Å²) in [6.07, 6.45) is 6.47. The van der Waals surface area contributed by atoms with Crippen molar-refractivity contribution >= 4 is 0 Å². The fourth-order valence-electron chi connectivity index (χ4n) is 2.85. The number of hydrogen-bond donors (Lipinski definition) is 2. The normalized spacial score (nSPS) is 50.7. The number of hydrogen-bond acceptors (Lipinski definition) is 2. The van der Waals surface area contributed by atoms with Crippen LogP contribution in [0.4, 0.5) is 0 Å². The number of aliphatic hydroxyl groups is 1. The average Bonchev–Trinajstić information content (AvgIpc) is 1.82. The Labute approximate surface area is 67.8 Å². The maximum Gasteiger partial charge on any atom is 0.0665 e. The van der Waals surface area contributed by atoms with Crippen LogP contribution in [0.3, 0.4) is 0 Å². The quantitative estimate of drug-likeness (QED) is 0.549. The molecular formula is C9H17NO. The molecule has 0 aliphatic heterocycles. The molecule has 2 heteroatoms. The van der Waals surface area contributed by atoms with Gasteiger partial charge in [-0.1, -0.05) is 12.8 Å². The highest BCUT2D eigenvalue weighted by Crippen LogP contribution is 2.41. The largest absolute Gasteiger partial charge is 0.390 e. The third-order valence-electron chi connectivity index (χ3n) is 3.20. The molecule has 0 amide bonds. The van der Waals surface area contributed by atoms with Crippen molar-refractivity contribution in [2.24, 2.45) is 11.7 Å². The molecule has 0 aromatic carbocycles. The van der Waals surface area contributed by atoms with Gasteiger partial charge in [-0.05, 0) is 31.6 Å². The second-order valence-electron chi connectivity index (χ2n) is 4.39. The first-order chi connectivity index (χ1) is 5.18. The van der Waals surface area contributed by atoms with Gasteiger partial charge in [0, 0.05) is 6.04 Å². The van der Waals surface area contributed by atoms with Crippen LogP contribution in [0.5, 0.6) is 0 Å². The number of rotatable bonds is 0. The van der Waals surface area contributed by atoms with Gasteiger partial charge in [0.15, 0.2) is 0 Å². The van der Waals surface area contributed by atoms with Crippen LogP contribution in [-0.4, -0.2) is 16.7 Å². The molecule has 64 valence electrons. The molecule has 2 fully saturated rings. The molecule has 3 atom stereocenters. The molecule has 0 aromatic heterocycles. The smallest absolute Gasteiger partial charge is 0.0665 e. The first-order valence-corrected chi connectivity index (χ1v) is 4.66. The van der Waals surface area contributed by atoms with Crippen LogP contribution >= 0.6 is 0 Å². The van der Waals surface area contributed by atoms with Crippen LogP contribution < -0.4 is 5.73 Å². The minimum absolute atomic E-state index is 0.263. The lowest BCUT2D eigenvalue weighted by molar-refractivity contribution is -0.0532. The molecule has 2 aliphatic carbocycles. The van der Waals surface area contributed by atoms with Crippen LogP contribution in [0.1, 0.15) is 38.5 Å². The van der Waals surface area contributed by atoms with Crippen LogP contribution in [-0.2, 0) is 0 Å². The Bertz CT molecular complexity index is 156. The highest BCUT2D eigenvalue weighted by molar-refractivity contribution is 4.95. The Hall–Kier alpha value is -0.0800. The molecule has 0 saturated heterocycles. The molecule has 0 heterocycles. The highest BCUT2D eigenvalue weighted by atomic mass is 16.3. The second kappa shape index (κ2) is 2.46. The molecule has 0 spiro atoms. The van der Waals surface area contributed by atoms with Gasteiger partial charge >= 0.3 is 0 Å². The Kier molecular flexibility index (Phi) is 1.69. The van der Waals surface area contributed by atoms with Crippen LogP contribution in [0.2, 0.25) is 0 Å². The third kappa shape index (κ3) is 1.42. The fraction of sp³-hybridized carbons (Fsp3) is 1.00. The van der Waals surface area contributed by atoms with Crippen LogP contribution in [0.25, 0.3) is 0 Å². The zero-order valence-electron chi connectivity index (χ0n) is 6.92. The zero-order chi connectivity index (χ0) is 7.90. The molecular weight excluding hydrogens is 138 g/mol. The van der Waals surface area contributed by atoms with Gasteiger partial charge in [-0.25, -0.2) is 0 Å². The zero-order valence-corrected chi connectivity index (χ0v) is 6.92. The monoisotopic (exact) mass is 155 g/mol. The van der Waals surface area contributed by atoms with Crippen LogP contribution in [0.15, 0.2) is 0 Å². The maximum atomic E-state index is 9.99. The van der Waals surface area contributed by atoms with Gasteiger partial charge in [0.2, 0.25) is 0 Å². The SMILES string of the molecule is NC1CC2CCCC(O)(C1)C2. The Morgan fingerprint density at radius 1 is 1.36 bits per heavy atom. The molecule has 2 nitrogen and oxygen atoms in total. The Morgan fingerprint density at radius 2 is 2.18 bits per heavy atom. The first-order valence-electron chi connectivity index (χ1n) is 4.66. The summed E-state index contributed by atoms with van der Waals surface area (Å²) in [5, 5.41) is 9.99. The topological polar surface area (TPSA) is 46.2 Å². The van der Waals surface area contributed by atoms with Gasteiger partial charge in [0.1, 0.15) is 0 Å². The lowest BCUT2D eigenvalue weighted by Crippen LogP contribution is -2.47. The van der Waals surface area contributed by atoms with E-state index in [4.69, 9.17) is 5.73 Å². The van der Waals surface area contributed by atoms with Crippen molar-refractivity contribution in [3.05, 3.63) is 0 Å². The summed E-state index contributed by atoms with van der Waals surface area (Å²) in [6, 6.07) is 0.263. The fourth-order valence-corrected chi connectivity index (χ4v) is 2.85. The summed E-state index contributed by atoms with van der Waals surface area (Å²) in [5.74, 6) is 0.720. The molecule has 3 N–H and O–H groups in total. The number of nitrogens with two attached hydrogens (primary N) is 1. The van der Waals surface area contributed by atoms with Crippen molar-refractivity contribution in [3.8, 4) is 0 Å². The predicted octanol–water partition coefficient (Wildman–Crippen LogP) is 1.03. The van der Waals surface area contributed by atoms with Crippen LogP contribution in [0, 0.1) is 5.92 Å². The lowest BCUT2D eigenvalue weighted by atomic mass is 9.68. The van der Waals surface area contributed by atoms with Crippen molar-refractivity contribution in [3.63, 3.8) is 0 Å². The standard InChI is InChI=1S/C9H17NO/c10-8-4-7-2-1-3-9(11,5-7)6-8/h7-8,11H,1-6,10H2. The van der Waals surface area contributed by atoms with E-state index < -0.39 is 0 Å². The molecule has 2 saturated carbocycles. The molecule has 3 unspecified atom stereocenters. The molecule has 0 aromatic rings. The molecule has 2 rings (SSSR count). The van der Waals surface area contributed by atoms with E-state index in [9.17, 15) is 5.11 Å². The molecule has 2 bridgehead atoms. The van der Waals surface area contributed by atoms with E-state index in [1.54, 1.807) is 0 Å². The minimum Gasteiger partial charge on any atom is -0.390 e. The van der Waals surface area contributed by atoms with Crippen molar-refractivity contribution in [1.82, 2.24) is 0 Å². The van der Waals surface area contributed by atoms with Crippen molar-refractivity contribution in [2.75, 3.05) is 0 Å². The summed E-state index contributed by atoms with van der Waals surface area (Å²) in [7, 11) is 0. The van der Waals surface area contributed by atoms with E-state index in [1.807, 2.05) is 0 Å². The summed E-state index contributed by atoms with van der Waals surface area (Å²) < 4.78 is 0. The van der Waals surface area contributed by atoms with Crippen molar-refractivity contribution in [1.29, 1.82) is 0 Å². The predicted molar refractivity (Wildman–Crippen MR) is 44.1 cm³/mol. The van der Waals surface area contributed by atoms with Gasteiger partial charge in [-0.15, -0.1) is 0 Å². The van der Waals surface area contributed by atoms with Gasteiger partial charge in [0.25, 0.3) is 0 Å². The van der Waals surface area contributed by atoms with E-state index in [0.29, 0.717) is 0 Å². The Morgan fingerprint density at radius 3 is 2.91 bits per heavy atom. The van der Waals surface area contributed by atoms with Gasteiger partial charge in [0.05, 0.1) is 5.60 Å². The van der Waals surface area contributed by atoms with E-state index >= 15 is 0 Å². The average molecular weight is 155 g/mol. The maximum absolute atomic E-state index is 9.99. The van der Waals surface area contributed by atoms with Gasteiger partial charge in [-0.3, -0.25) is 0 Å². The van der Waals surface area contributed by atoms with E-state index in [-0.39, 0.29) is 11.6 Å². The minimum atomic E-state index is -0.374. The van der Waals surface area contributed by atoms with E-state index in [0.717, 1.165) is 31.6 Å².